The van der Waals surface area contributed by atoms with E-state index in [0.717, 1.165) is 0 Å². The van der Waals surface area contributed by atoms with Crippen LogP contribution < -0.4 is 0 Å². The van der Waals surface area contributed by atoms with Crippen LogP contribution >= 0.6 is 0 Å². The quantitative estimate of drug-likeness (QED) is 0.766. The van der Waals surface area contributed by atoms with E-state index >= 15 is 0 Å². The van der Waals surface area contributed by atoms with Crippen LogP contribution in [0.4, 0.5) is 0 Å². The standard InChI is InChI=1S/C14H24O7/c1-12(2)18-8-7-17-14(9(16)5-6-15)11(10(8)19-12)20-13(3,4)21-14/h8-11,15-16H,5-7H2,1-4H3. The molecule has 122 valence electrons. The zero-order valence-electron chi connectivity index (χ0n) is 12.9. The maximum absolute atomic E-state index is 10.4. The van der Waals surface area contributed by atoms with E-state index in [0.29, 0.717) is 0 Å². The lowest BCUT2D eigenvalue weighted by atomic mass is 9.91. The second kappa shape index (κ2) is 4.86. The predicted molar refractivity (Wildman–Crippen MR) is 70.3 cm³/mol. The Labute approximate surface area is 124 Å². The van der Waals surface area contributed by atoms with Gasteiger partial charge < -0.3 is 33.9 Å². The molecule has 7 heteroatoms. The van der Waals surface area contributed by atoms with E-state index in [2.05, 4.69) is 0 Å². The fraction of sp³-hybridized carbons (Fsp3) is 1.00. The molecule has 3 heterocycles. The van der Waals surface area contributed by atoms with E-state index < -0.39 is 29.6 Å². The van der Waals surface area contributed by atoms with Gasteiger partial charge in [-0.15, -0.1) is 0 Å². The first-order chi connectivity index (χ1) is 9.69. The molecule has 3 aliphatic heterocycles. The summed E-state index contributed by atoms with van der Waals surface area (Å²) in [5.74, 6) is -2.98. The minimum Gasteiger partial charge on any atom is -0.396 e. The van der Waals surface area contributed by atoms with Crippen LogP contribution in [0.25, 0.3) is 0 Å². The van der Waals surface area contributed by atoms with Gasteiger partial charge in [0.2, 0.25) is 5.79 Å². The molecule has 3 aliphatic rings. The molecular weight excluding hydrogens is 280 g/mol. The largest absolute Gasteiger partial charge is 0.396 e. The van der Waals surface area contributed by atoms with Crippen molar-refractivity contribution in [2.45, 2.75) is 75.9 Å². The highest BCUT2D eigenvalue weighted by Crippen LogP contribution is 2.49. The summed E-state index contributed by atoms with van der Waals surface area (Å²) in [6.07, 6.45) is -2.14. The molecule has 0 aliphatic carbocycles. The summed E-state index contributed by atoms with van der Waals surface area (Å²) in [6.45, 7) is 7.26. The average molecular weight is 304 g/mol. The zero-order chi connectivity index (χ0) is 15.5. The van der Waals surface area contributed by atoms with Gasteiger partial charge in [0.25, 0.3) is 0 Å². The van der Waals surface area contributed by atoms with Gasteiger partial charge in [-0.3, -0.25) is 0 Å². The minimum absolute atomic E-state index is 0.136. The monoisotopic (exact) mass is 304 g/mol. The Hall–Kier alpha value is -0.280. The molecule has 3 fully saturated rings. The van der Waals surface area contributed by atoms with E-state index in [1.165, 1.54) is 0 Å². The zero-order valence-corrected chi connectivity index (χ0v) is 12.9. The first-order valence-corrected chi connectivity index (χ1v) is 7.36. The Balaban J connectivity index is 1.91. The number of rotatable bonds is 3. The van der Waals surface area contributed by atoms with Crippen LogP contribution in [0.2, 0.25) is 0 Å². The number of fused-ring (bicyclic) bond motifs is 3. The summed E-state index contributed by atoms with van der Waals surface area (Å²) in [6, 6.07) is 0. The second-order valence-electron chi connectivity index (χ2n) is 6.74. The molecule has 0 aromatic rings. The van der Waals surface area contributed by atoms with Crippen LogP contribution in [0.1, 0.15) is 34.1 Å². The summed E-state index contributed by atoms with van der Waals surface area (Å²) in [5, 5.41) is 19.5. The average Bonchev–Trinajstić information content (AvgIpc) is 2.81. The molecule has 3 saturated heterocycles. The molecule has 5 unspecified atom stereocenters. The summed E-state index contributed by atoms with van der Waals surface area (Å²) in [4.78, 5) is 0. The molecule has 5 atom stereocenters. The summed E-state index contributed by atoms with van der Waals surface area (Å²) in [5.41, 5.74) is 0. The van der Waals surface area contributed by atoms with Crippen molar-refractivity contribution in [1.82, 2.24) is 0 Å². The summed E-state index contributed by atoms with van der Waals surface area (Å²) < 4.78 is 29.4. The Morgan fingerprint density at radius 2 is 1.81 bits per heavy atom. The number of aliphatic hydroxyl groups excluding tert-OH is 2. The molecule has 0 saturated carbocycles. The number of ether oxygens (including phenoxy) is 5. The van der Waals surface area contributed by atoms with Crippen LogP contribution in [0.15, 0.2) is 0 Å². The first-order valence-electron chi connectivity index (χ1n) is 7.36. The predicted octanol–water partition coefficient (Wildman–Crippen LogP) is 0.128. The van der Waals surface area contributed by atoms with Crippen molar-refractivity contribution in [1.29, 1.82) is 0 Å². The molecule has 7 nitrogen and oxygen atoms in total. The molecule has 0 bridgehead atoms. The highest BCUT2D eigenvalue weighted by atomic mass is 16.9. The van der Waals surface area contributed by atoms with Gasteiger partial charge in [-0.1, -0.05) is 0 Å². The lowest BCUT2D eigenvalue weighted by Crippen LogP contribution is -2.63. The normalized spacial score (nSPS) is 45.1. The summed E-state index contributed by atoms with van der Waals surface area (Å²) in [7, 11) is 0. The van der Waals surface area contributed by atoms with Crippen LogP contribution in [-0.4, -0.2) is 65.2 Å². The van der Waals surface area contributed by atoms with Gasteiger partial charge in [0.05, 0.1) is 6.61 Å². The minimum atomic E-state index is -1.34. The van der Waals surface area contributed by atoms with E-state index in [1.54, 1.807) is 13.8 Å². The van der Waals surface area contributed by atoms with E-state index in [9.17, 15) is 5.11 Å². The SMILES string of the molecule is CC1(C)OC2COC3(C(O)CCO)OC(C)(C)OC3C2O1. The highest BCUT2D eigenvalue weighted by molar-refractivity contribution is 5.06. The van der Waals surface area contributed by atoms with Crippen molar-refractivity contribution in [2.75, 3.05) is 13.2 Å². The third-order valence-corrected chi connectivity index (χ3v) is 4.07. The summed E-state index contributed by atoms with van der Waals surface area (Å²) >= 11 is 0. The Bertz CT molecular complexity index is 410. The molecule has 0 aromatic heterocycles. The van der Waals surface area contributed by atoms with Gasteiger partial charge in [0.15, 0.2) is 11.6 Å². The second-order valence-corrected chi connectivity index (χ2v) is 6.74. The fourth-order valence-corrected chi connectivity index (χ4v) is 3.40. The van der Waals surface area contributed by atoms with Crippen LogP contribution in [0.5, 0.6) is 0 Å². The topological polar surface area (TPSA) is 86.6 Å². The van der Waals surface area contributed by atoms with Crippen LogP contribution in [-0.2, 0) is 23.7 Å². The van der Waals surface area contributed by atoms with Gasteiger partial charge in [-0.05, 0) is 27.7 Å². The maximum Gasteiger partial charge on any atom is 0.227 e. The molecule has 21 heavy (non-hydrogen) atoms. The van der Waals surface area contributed by atoms with Gasteiger partial charge in [-0.2, -0.15) is 0 Å². The maximum atomic E-state index is 10.4. The van der Waals surface area contributed by atoms with Crippen molar-refractivity contribution < 1.29 is 33.9 Å². The third kappa shape index (κ3) is 2.50. The molecule has 0 aromatic carbocycles. The first kappa shape index (κ1) is 15.6. The van der Waals surface area contributed by atoms with E-state index in [-0.39, 0.29) is 31.8 Å². The molecule has 0 spiro atoms. The van der Waals surface area contributed by atoms with Crippen molar-refractivity contribution in [3.05, 3.63) is 0 Å². The molecule has 3 rings (SSSR count). The Morgan fingerprint density at radius 3 is 2.48 bits per heavy atom. The van der Waals surface area contributed by atoms with Gasteiger partial charge >= 0.3 is 0 Å². The smallest absolute Gasteiger partial charge is 0.227 e. The van der Waals surface area contributed by atoms with Crippen molar-refractivity contribution in [3.8, 4) is 0 Å². The van der Waals surface area contributed by atoms with Gasteiger partial charge in [-0.25, -0.2) is 0 Å². The van der Waals surface area contributed by atoms with E-state index in [1.807, 2.05) is 13.8 Å². The van der Waals surface area contributed by atoms with Crippen LogP contribution in [0.3, 0.4) is 0 Å². The molecule has 2 N–H and O–H groups in total. The number of hydrogen-bond acceptors (Lipinski definition) is 7. The van der Waals surface area contributed by atoms with Crippen molar-refractivity contribution in [3.63, 3.8) is 0 Å². The number of hydrogen-bond donors (Lipinski definition) is 2. The molecule has 0 radical (unpaired) electrons. The highest BCUT2D eigenvalue weighted by Gasteiger charge is 2.67. The van der Waals surface area contributed by atoms with Crippen molar-refractivity contribution in [2.24, 2.45) is 0 Å². The lowest BCUT2D eigenvalue weighted by molar-refractivity contribution is -0.319. The van der Waals surface area contributed by atoms with Gasteiger partial charge in [0, 0.05) is 13.0 Å². The van der Waals surface area contributed by atoms with Gasteiger partial charge in [0.1, 0.15) is 24.4 Å². The molecule has 0 amide bonds. The van der Waals surface area contributed by atoms with Crippen molar-refractivity contribution >= 4 is 0 Å². The molecular formula is C14H24O7. The van der Waals surface area contributed by atoms with E-state index in [4.69, 9.17) is 28.8 Å². The third-order valence-electron chi connectivity index (χ3n) is 4.07. The fourth-order valence-electron chi connectivity index (χ4n) is 3.40. The Morgan fingerprint density at radius 1 is 1.10 bits per heavy atom. The van der Waals surface area contributed by atoms with Crippen LogP contribution in [0, 0.1) is 0 Å². The number of aliphatic hydroxyl groups is 2. The lowest BCUT2D eigenvalue weighted by Gasteiger charge is -2.43. The Kier molecular flexibility index (Phi) is 3.61.